The highest BCUT2D eigenvalue weighted by Gasteiger charge is 2.20. The summed E-state index contributed by atoms with van der Waals surface area (Å²) in [7, 11) is 5.32. The molecule has 0 unspecified atom stereocenters. The van der Waals surface area contributed by atoms with Gasteiger partial charge in [0.05, 0.1) is 29.6 Å². The summed E-state index contributed by atoms with van der Waals surface area (Å²) in [4.78, 5) is 34.3. The molecule has 37 heavy (non-hydrogen) atoms. The molecule has 0 spiro atoms. The van der Waals surface area contributed by atoms with Crippen molar-refractivity contribution in [2.45, 2.75) is 6.42 Å². The van der Waals surface area contributed by atoms with Gasteiger partial charge in [0.2, 0.25) is 0 Å². The standard InChI is InChI=1S/C29H30N4O4/c1-33(2)17-7-16-30-27(34)20-10-13-22(14-11-20)31-26(19-8-5-4-6-9-19)25-23-15-12-21(29(36)37-3)18-24(23)32-28(25)35/h4-6,8-15,18,32,35H,7,16-17H2,1-3H3,(H,30,34). The van der Waals surface area contributed by atoms with E-state index in [0.717, 1.165) is 18.5 Å². The number of hydrogen-bond donors (Lipinski definition) is 3. The number of H-pyrrole nitrogens is 1. The molecule has 0 atom stereocenters. The third-order valence-electron chi connectivity index (χ3n) is 5.92. The second kappa shape index (κ2) is 11.5. The summed E-state index contributed by atoms with van der Waals surface area (Å²) in [6.07, 6.45) is 0.872. The number of hydrogen-bond acceptors (Lipinski definition) is 6. The van der Waals surface area contributed by atoms with Crippen molar-refractivity contribution in [3.8, 4) is 5.88 Å². The normalized spacial score (nSPS) is 11.6. The minimum atomic E-state index is -0.462. The molecule has 1 amide bonds. The van der Waals surface area contributed by atoms with Crippen molar-refractivity contribution in [3.63, 3.8) is 0 Å². The first-order chi connectivity index (χ1) is 17.9. The highest BCUT2D eigenvalue weighted by atomic mass is 16.5. The van der Waals surface area contributed by atoms with Crippen molar-refractivity contribution < 1.29 is 19.4 Å². The molecule has 3 aromatic carbocycles. The van der Waals surface area contributed by atoms with Gasteiger partial charge in [-0.3, -0.25) is 4.79 Å². The molecule has 190 valence electrons. The largest absolute Gasteiger partial charge is 0.494 e. The first-order valence-corrected chi connectivity index (χ1v) is 12.0. The highest BCUT2D eigenvalue weighted by Crippen LogP contribution is 2.32. The van der Waals surface area contributed by atoms with Crippen molar-refractivity contribution in [2.24, 2.45) is 4.99 Å². The highest BCUT2D eigenvalue weighted by molar-refractivity contribution is 6.22. The van der Waals surface area contributed by atoms with E-state index in [1.807, 2.05) is 44.4 Å². The number of aromatic nitrogens is 1. The van der Waals surface area contributed by atoms with Crippen LogP contribution in [0.15, 0.2) is 77.8 Å². The molecule has 0 radical (unpaired) electrons. The Bertz CT molecular complexity index is 1420. The number of aromatic hydroxyl groups is 1. The molecule has 1 heterocycles. The fourth-order valence-electron chi connectivity index (χ4n) is 4.04. The van der Waals surface area contributed by atoms with Gasteiger partial charge < -0.3 is 25.0 Å². The van der Waals surface area contributed by atoms with Crippen molar-refractivity contribution in [2.75, 3.05) is 34.3 Å². The minimum absolute atomic E-state index is 0.0617. The molecule has 0 bridgehead atoms. The molecule has 1 aromatic heterocycles. The molecule has 0 aliphatic rings. The SMILES string of the molecule is COC(=O)c1ccc2c(C(=Nc3ccc(C(=O)NCCCN(C)C)cc3)c3ccccc3)c(O)[nH]c2c1. The Kier molecular flexibility index (Phi) is 8.00. The zero-order valence-corrected chi connectivity index (χ0v) is 21.1. The Balaban J connectivity index is 1.67. The third kappa shape index (κ3) is 6.05. The molecule has 0 saturated heterocycles. The van der Waals surface area contributed by atoms with Crippen molar-refractivity contribution in [1.29, 1.82) is 0 Å². The van der Waals surface area contributed by atoms with Crippen LogP contribution in [0.25, 0.3) is 10.9 Å². The van der Waals surface area contributed by atoms with Crippen LogP contribution in [0.3, 0.4) is 0 Å². The van der Waals surface area contributed by atoms with Gasteiger partial charge in [0.25, 0.3) is 5.91 Å². The van der Waals surface area contributed by atoms with E-state index in [2.05, 4.69) is 15.2 Å². The van der Waals surface area contributed by atoms with E-state index in [1.54, 1.807) is 42.5 Å². The summed E-state index contributed by atoms with van der Waals surface area (Å²) in [5.41, 5.74) is 4.00. The third-order valence-corrected chi connectivity index (χ3v) is 5.92. The summed E-state index contributed by atoms with van der Waals surface area (Å²) in [5, 5.41) is 14.5. The van der Waals surface area contributed by atoms with E-state index in [0.29, 0.717) is 45.5 Å². The van der Waals surface area contributed by atoms with Crippen LogP contribution in [0.2, 0.25) is 0 Å². The number of nitrogens with one attached hydrogen (secondary N) is 2. The quantitative estimate of drug-likeness (QED) is 0.179. The molecule has 0 saturated carbocycles. The van der Waals surface area contributed by atoms with E-state index in [-0.39, 0.29) is 11.8 Å². The lowest BCUT2D eigenvalue weighted by molar-refractivity contribution is 0.0600. The molecule has 0 aliphatic carbocycles. The summed E-state index contributed by atoms with van der Waals surface area (Å²) < 4.78 is 4.81. The number of rotatable bonds is 9. The predicted molar refractivity (Wildman–Crippen MR) is 145 cm³/mol. The lowest BCUT2D eigenvalue weighted by Crippen LogP contribution is -2.27. The minimum Gasteiger partial charge on any atom is -0.494 e. The summed E-state index contributed by atoms with van der Waals surface area (Å²) in [5.74, 6) is -0.655. The average Bonchev–Trinajstić information content (AvgIpc) is 3.24. The van der Waals surface area contributed by atoms with Crippen LogP contribution in [-0.2, 0) is 4.74 Å². The fraction of sp³-hybridized carbons (Fsp3) is 0.207. The van der Waals surface area contributed by atoms with Gasteiger partial charge in [0.1, 0.15) is 0 Å². The van der Waals surface area contributed by atoms with Crippen LogP contribution < -0.4 is 5.32 Å². The van der Waals surface area contributed by atoms with Crippen LogP contribution in [0.5, 0.6) is 5.88 Å². The number of benzene rings is 3. The monoisotopic (exact) mass is 498 g/mol. The number of ether oxygens (including phenoxy) is 1. The van der Waals surface area contributed by atoms with Crippen LogP contribution in [0, 0.1) is 0 Å². The molecular formula is C29H30N4O4. The second-order valence-corrected chi connectivity index (χ2v) is 8.89. The lowest BCUT2D eigenvalue weighted by atomic mass is 10.00. The average molecular weight is 499 g/mol. The Morgan fingerprint density at radius 2 is 1.68 bits per heavy atom. The number of nitrogens with zero attached hydrogens (tertiary/aromatic N) is 2. The lowest BCUT2D eigenvalue weighted by Gasteiger charge is -2.10. The van der Waals surface area contributed by atoms with E-state index in [9.17, 15) is 14.7 Å². The van der Waals surface area contributed by atoms with Gasteiger partial charge in [-0.25, -0.2) is 9.79 Å². The Morgan fingerprint density at radius 3 is 2.35 bits per heavy atom. The van der Waals surface area contributed by atoms with Gasteiger partial charge in [0, 0.05) is 28.6 Å². The maximum atomic E-state index is 12.5. The summed E-state index contributed by atoms with van der Waals surface area (Å²) in [6, 6.07) is 21.6. The molecule has 0 fully saturated rings. The van der Waals surface area contributed by atoms with Crippen LogP contribution in [-0.4, -0.2) is 66.9 Å². The van der Waals surface area contributed by atoms with Gasteiger partial charge in [-0.15, -0.1) is 0 Å². The smallest absolute Gasteiger partial charge is 0.337 e. The molecule has 8 heteroatoms. The second-order valence-electron chi connectivity index (χ2n) is 8.89. The maximum absolute atomic E-state index is 12.5. The van der Waals surface area contributed by atoms with E-state index >= 15 is 0 Å². The number of aliphatic imine (C=N–C) groups is 1. The molecule has 0 aliphatic heterocycles. The van der Waals surface area contributed by atoms with Crippen LogP contribution >= 0.6 is 0 Å². The summed E-state index contributed by atoms with van der Waals surface area (Å²) in [6.45, 7) is 1.51. The van der Waals surface area contributed by atoms with Gasteiger partial charge in [-0.1, -0.05) is 36.4 Å². The van der Waals surface area contributed by atoms with Crippen molar-refractivity contribution >= 4 is 34.2 Å². The Morgan fingerprint density at radius 1 is 0.973 bits per heavy atom. The first-order valence-electron chi connectivity index (χ1n) is 12.0. The molecular weight excluding hydrogens is 468 g/mol. The van der Waals surface area contributed by atoms with Crippen LogP contribution in [0.4, 0.5) is 5.69 Å². The van der Waals surface area contributed by atoms with Gasteiger partial charge in [-0.2, -0.15) is 0 Å². The van der Waals surface area contributed by atoms with Gasteiger partial charge in [0.15, 0.2) is 5.88 Å². The number of esters is 1. The number of fused-ring (bicyclic) bond motifs is 1. The number of methoxy groups -OCH3 is 1. The number of aromatic amines is 1. The Hall–Kier alpha value is -4.43. The molecule has 4 rings (SSSR count). The fourth-order valence-corrected chi connectivity index (χ4v) is 4.04. The first kappa shape index (κ1) is 25.7. The summed E-state index contributed by atoms with van der Waals surface area (Å²) >= 11 is 0. The Labute approximate surface area is 215 Å². The van der Waals surface area contributed by atoms with Crippen molar-refractivity contribution in [1.82, 2.24) is 15.2 Å². The van der Waals surface area contributed by atoms with E-state index < -0.39 is 5.97 Å². The topological polar surface area (TPSA) is 107 Å². The van der Waals surface area contributed by atoms with Crippen LogP contribution in [0.1, 0.15) is 38.3 Å². The number of amides is 1. The zero-order chi connectivity index (χ0) is 26.4. The molecule has 8 nitrogen and oxygen atoms in total. The van der Waals surface area contributed by atoms with E-state index in [1.165, 1.54) is 7.11 Å². The molecule has 4 aromatic rings. The number of carbonyl (C=O) groups is 2. The molecule has 3 N–H and O–H groups in total. The maximum Gasteiger partial charge on any atom is 0.337 e. The van der Waals surface area contributed by atoms with Crippen molar-refractivity contribution in [3.05, 3.63) is 95.1 Å². The zero-order valence-electron chi connectivity index (χ0n) is 21.1. The predicted octanol–water partition coefficient (Wildman–Crippen LogP) is 4.51. The van der Waals surface area contributed by atoms with E-state index in [4.69, 9.17) is 9.73 Å². The number of carbonyl (C=O) groups excluding carboxylic acids is 2. The van der Waals surface area contributed by atoms with Gasteiger partial charge >= 0.3 is 5.97 Å². The van der Waals surface area contributed by atoms with Gasteiger partial charge in [-0.05, 0) is 63.5 Å².